The first kappa shape index (κ1) is 11.1. The second-order valence-corrected chi connectivity index (χ2v) is 3.85. The van der Waals surface area contributed by atoms with Gasteiger partial charge in [-0.2, -0.15) is 0 Å². The molecule has 4 nitrogen and oxygen atoms in total. The lowest BCUT2D eigenvalue weighted by molar-refractivity contribution is -0.0167. The Morgan fingerprint density at radius 1 is 1.44 bits per heavy atom. The van der Waals surface area contributed by atoms with E-state index in [1.54, 1.807) is 4.90 Å². The van der Waals surface area contributed by atoms with Crippen LogP contribution in [0, 0.1) is 0 Å². The highest BCUT2D eigenvalue weighted by atomic mass is 16.5. The second-order valence-electron chi connectivity index (χ2n) is 3.85. The number of carbonyl (C=O) groups excluding carboxylic acids is 1. The van der Waals surface area contributed by atoms with E-state index in [0.717, 1.165) is 5.56 Å². The molecule has 1 saturated heterocycles. The summed E-state index contributed by atoms with van der Waals surface area (Å²) in [5, 5.41) is 0. The number of hydrogen-bond donors (Lipinski definition) is 1. The van der Waals surface area contributed by atoms with E-state index < -0.39 is 0 Å². The third-order valence-corrected chi connectivity index (χ3v) is 2.71. The summed E-state index contributed by atoms with van der Waals surface area (Å²) in [6.45, 7) is 2.26. The van der Waals surface area contributed by atoms with Crippen molar-refractivity contribution in [3.05, 3.63) is 35.9 Å². The van der Waals surface area contributed by atoms with Crippen molar-refractivity contribution < 1.29 is 9.53 Å². The van der Waals surface area contributed by atoms with Crippen molar-refractivity contribution in [3.63, 3.8) is 0 Å². The van der Waals surface area contributed by atoms with Crippen molar-refractivity contribution in [2.24, 2.45) is 5.73 Å². The van der Waals surface area contributed by atoms with Crippen LogP contribution in [0.25, 0.3) is 0 Å². The van der Waals surface area contributed by atoms with Crippen LogP contribution in [0.5, 0.6) is 0 Å². The molecule has 1 heterocycles. The Morgan fingerprint density at radius 3 is 2.88 bits per heavy atom. The zero-order valence-corrected chi connectivity index (χ0v) is 9.13. The summed E-state index contributed by atoms with van der Waals surface area (Å²) in [5.41, 5.74) is 6.26. The fourth-order valence-electron chi connectivity index (χ4n) is 1.81. The van der Waals surface area contributed by atoms with Crippen LogP contribution < -0.4 is 5.73 Å². The topological polar surface area (TPSA) is 55.6 Å². The van der Waals surface area contributed by atoms with E-state index in [9.17, 15) is 4.79 Å². The van der Waals surface area contributed by atoms with Gasteiger partial charge in [0.2, 0.25) is 0 Å². The molecule has 0 bridgehead atoms. The van der Waals surface area contributed by atoms with Gasteiger partial charge in [-0.3, -0.25) is 4.79 Å². The molecule has 0 aromatic heterocycles. The molecule has 1 aromatic rings. The molecule has 86 valence electrons. The summed E-state index contributed by atoms with van der Waals surface area (Å²) in [7, 11) is 0. The molecule has 0 radical (unpaired) electrons. The van der Waals surface area contributed by atoms with Gasteiger partial charge in [0, 0.05) is 25.2 Å². The zero-order chi connectivity index (χ0) is 11.4. The first-order valence-electron chi connectivity index (χ1n) is 5.47. The number of nitrogens with two attached hydrogens (primary N) is 1. The summed E-state index contributed by atoms with van der Waals surface area (Å²) in [6, 6.07) is 9.30. The molecular weight excluding hydrogens is 204 g/mol. The Hall–Kier alpha value is -1.39. The number of hydrogen-bond acceptors (Lipinski definition) is 3. The molecule has 4 heteroatoms. The van der Waals surface area contributed by atoms with Crippen LogP contribution in [0.3, 0.4) is 0 Å². The lowest BCUT2D eigenvalue weighted by atomic mass is 10.1. The molecule has 0 spiro atoms. The number of rotatable bonds is 2. The largest absolute Gasteiger partial charge is 0.373 e. The number of ether oxygens (including phenoxy) is 1. The van der Waals surface area contributed by atoms with E-state index in [-0.39, 0.29) is 12.0 Å². The third kappa shape index (κ3) is 2.40. The highest BCUT2D eigenvalue weighted by Crippen LogP contribution is 2.09. The van der Waals surface area contributed by atoms with Gasteiger partial charge in [0.1, 0.15) is 0 Å². The van der Waals surface area contributed by atoms with Gasteiger partial charge < -0.3 is 15.4 Å². The maximum Gasteiger partial charge on any atom is 0.254 e. The predicted octanol–water partition coefficient (Wildman–Crippen LogP) is 0.486. The molecule has 1 fully saturated rings. The molecule has 1 aliphatic rings. The maximum absolute atomic E-state index is 12.1. The van der Waals surface area contributed by atoms with Crippen molar-refractivity contribution in [2.45, 2.75) is 6.10 Å². The monoisotopic (exact) mass is 220 g/mol. The van der Waals surface area contributed by atoms with Crippen LogP contribution in [0.15, 0.2) is 30.3 Å². The predicted molar refractivity (Wildman–Crippen MR) is 61.1 cm³/mol. The van der Waals surface area contributed by atoms with Crippen molar-refractivity contribution in [2.75, 3.05) is 26.2 Å². The number of morpholine rings is 1. The first-order chi connectivity index (χ1) is 7.81. The van der Waals surface area contributed by atoms with Crippen LogP contribution in [-0.4, -0.2) is 43.2 Å². The number of carbonyl (C=O) groups is 1. The molecule has 2 N–H and O–H groups in total. The summed E-state index contributed by atoms with van der Waals surface area (Å²) in [6.07, 6.45) is -0.0265. The second kappa shape index (κ2) is 5.09. The average molecular weight is 220 g/mol. The Bertz CT molecular complexity index is 353. The van der Waals surface area contributed by atoms with Gasteiger partial charge in [0.05, 0.1) is 12.7 Å². The zero-order valence-electron chi connectivity index (χ0n) is 9.13. The lowest BCUT2D eigenvalue weighted by Gasteiger charge is -2.32. The van der Waals surface area contributed by atoms with Crippen LogP contribution >= 0.6 is 0 Å². The van der Waals surface area contributed by atoms with Crippen molar-refractivity contribution >= 4 is 5.91 Å². The van der Waals surface area contributed by atoms with E-state index in [2.05, 4.69) is 0 Å². The first-order valence-corrected chi connectivity index (χ1v) is 5.47. The maximum atomic E-state index is 12.1. The minimum Gasteiger partial charge on any atom is -0.373 e. The fraction of sp³-hybridized carbons (Fsp3) is 0.417. The van der Waals surface area contributed by atoms with E-state index in [0.29, 0.717) is 26.2 Å². The van der Waals surface area contributed by atoms with Crippen molar-refractivity contribution in [3.8, 4) is 0 Å². The molecular formula is C12H16N2O2. The van der Waals surface area contributed by atoms with Gasteiger partial charge in [-0.1, -0.05) is 18.2 Å². The summed E-state index contributed by atoms with van der Waals surface area (Å²) >= 11 is 0. The number of amides is 1. The van der Waals surface area contributed by atoms with E-state index >= 15 is 0 Å². The molecule has 16 heavy (non-hydrogen) atoms. The SMILES string of the molecule is NCC1CN(C(=O)c2ccccc2)CCO1. The van der Waals surface area contributed by atoms with Crippen LogP contribution in [0.4, 0.5) is 0 Å². The van der Waals surface area contributed by atoms with Gasteiger partial charge >= 0.3 is 0 Å². The van der Waals surface area contributed by atoms with E-state index in [1.807, 2.05) is 30.3 Å². The Labute approximate surface area is 95.0 Å². The number of benzene rings is 1. The van der Waals surface area contributed by atoms with Gasteiger partial charge in [0.25, 0.3) is 5.91 Å². The summed E-state index contributed by atoms with van der Waals surface area (Å²) in [5.74, 6) is 0.0577. The standard InChI is InChI=1S/C12H16N2O2/c13-8-11-9-14(6-7-16-11)12(15)10-4-2-1-3-5-10/h1-5,11H,6-9,13H2. The van der Waals surface area contributed by atoms with Crippen LogP contribution in [-0.2, 0) is 4.74 Å². The minimum absolute atomic E-state index is 0.0265. The summed E-state index contributed by atoms with van der Waals surface area (Å²) in [4.78, 5) is 13.9. The van der Waals surface area contributed by atoms with Gasteiger partial charge in [-0.05, 0) is 12.1 Å². The van der Waals surface area contributed by atoms with Crippen molar-refractivity contribution in [1.29, 1.82) is 0 Å². The van der Waals surface area contributed by atoms with Gasteiger partial charge in [-0.15, -0.1) is 0 Å². The highest BCUT2D eigenvalue weighted by molar-refractivity contribution is 5.94. The Kier molecular flexibility index (Phi) is 3.54. The molecule has 0 aliphatic carbocycles. The molecule has 1 aromatic carbocycles. The Morgan fingerprint density at radius 2 is 2.19 bits per heavy atom. The van der Waals surface area contributed by atoms with Crippen LogP contribution in [0.2, 0.25) is 0 Å². The molecule has 1 amide bonds. The average Bonchev–Trinajstić information content (AvgIpc) is 2.39. The van der Waals surface area contributed by atoms with E-state index in [4.69, 9.17) is 10.5 Å². The molecule has 0 saturated carbocycles. The quantitative estimate of drug-likeness (QED) is 0.789. The molecule has 2 rings (SSSR count). The third-order valence-electron chi connectivity index (χ3n) is 2.71. The summed E-state index contributed by atoms with van der Waals surface area (Å²) < 4.78 is 5.42. The Balaban J connectivity index is 2.05. The highest BCUT2D eigenvalue weighted by Gasteiger charge is 2.23. The normalized spacial score (nSPS) is 20.8. The fourth-order valence-corrected chi connectivity index (χ4v) is 1.81. The number of nitrogens with zero attached hydrogens (tertiary/aromatic N) is 1. The van der Waals surface area contributed by atoms with Gasteiger partial charge in [-0.25, -0.2) is 0 Å². The van der Waals surface area contributed by atoms with Gasteiger partial charge in [0.15, 0.2) is 0 Å². The molecule has 1 unspecified atom stereocenters. The molecule has 1 aliphatic heterocycles. The van der Waals surface area contributed by atoms with E-state index in [1.165, 1.54) is 0 Å². The van der Waals surface area contributed by atoms with Crippen LogP contribution in [0.1, 0.15) is 10.4 Å². The lowest BCUT2D eigenvalue weighted by Crippen LogP contribution is -2.48. The smallest absolute Gasteiger partial charge is 0.254 e. The molecule has 1 atom stereocenters. The van der Waals surface area contributed by atoms with Crippen molar-refractivity contribution in [1.82, 2.24) is 4.90 Å². The minimum atomic E-state index is -0.0265.